The van der Waals surface area contributed by atoms with E-state index in [1.807, 2.05) is 13.0 Å². The number of ether oxygens (including phenoxy) is 1. The summed E-state index contributed by atoms with van der Waals surface area (Å²) < 4.78 is 7.64. The Kier molecular flexibility index (Phi) is 3.23. The Bertz CT molecular complexity index is 813. The van der Waals surface area contributed by atoms with Gasteiger partial charge in [-0.25, -0.2) is 4.98 Å². The molecule has 1 aromatic carbocycles. The van der Waals surface area contributed by atoms with Crippen LogP contribution in [0.25, 0.3) is 5.78 Å². The largest absolute Gasteiger partial charge is 0.371 e. The second kappa shape index (κ2) is 5.38. The number of anilines is 1. The minimum Gasteiger partial charge on any atom is -0.371 e. The Balaban J connectivity index is 1.59. The summed E-state index contributed by atoms with van der Waals surface area (Å²) in [6, 6.07) is 10.4. The minimum atomic E-state index is 0.0528. The number of nitrogens with zero attached hydrogens (tertiary/aromatic N) is 4. The van der Waals surface area contributed by atoms with Crippen LogP contribution in [-0.4, -0.2) is 32.7 Å². The van der Waals surface area contributed by atoms with Gasteiger partial charge >= 0.3 is 0 Å². The first-order chi connectivity index (χ1) is 10.8. The maximum absolute atomic E-state index is 5.93. The fraction of sp³-hybridized carbons (Fsp3) is 0.312. The lowest BCUT2D eigenvalue weighted by Gasteiger charge is -2.26. The van der Waals surface area contributed by atoms with Crippen LogP contribution in [0.15, 0.2) is 36.7 Å². The van der Waals surface area contributed by atoms with Crippen LogP contribution < -0.4 is 5.32 Å². The topological polar surface area (TPSA) is 64.3 Å². The van der Waals surface area contributed by atoms with Gasteiger partial charge in [0.05, 0.1) is 12.7 Å². The highest BCUT2D eigenvalue weighted by atomic mass is 16.5. The van der Waals surface area contributed by atoms with Crippen LogP contribution in [0, 0.1) is 6.92 Å². The van der Waals surface area contributed by atoms with Crippen molar-refractivity contribution in [2.45, 2.75) is 19.4 Å². The highest BCUT2D eigenvalue weighted by Crippen LogP contribution is 2.27. The molecule has 6 nitrogen and oxygen atoms in total. The number of aryl methyl sites for hydroxylation is 1. The first kappa shape index (κ1) is 13.2. The summed E-state index contributed by atoms with van der Waals surface area (Å²) >= 11 is 0. The summed E-state index contributed by atoms with van der Waals surface area (Å²) in [6.45, 7) is 3.40. The summed E-state index contributed by atoms with van der Waals surface area (Å²) in [5, 5.41) is 7.63. The second-order valence-corrected chi connectivity index (χ2v) is 5.44. The monoisotopic (exact) mass is 295 g/mol. The average Bonchev–Trinajstić information content (AvgIpc) is 3.00. The summed E-state index contributed by atoms with van der Waals surface area (Å²) in [7, 11) is 0. The normalized spacial score (nSPS) is 17.4. The lowest BCUT2D eigenvalue weighted by Crippen LogP contribution is -2.23. The molecule has 1 unspecified atom stereocenters. The fourth-order valence-corrected chi connectivity index (χ4v) is 2.90. The van der Waals surface area contributed by atoms with Crippen molar-refractivity contribution < 1.29 is 4.74 Å². The third kappa shape index (κ3) is 2.31. The molecule has 0 saturated heterocycles. The van der Waals surface area contributed by atoms with E-state index in [1.165, 1.54) is 17.5 Å². The van der Waals surface area contributed by atoms with Crippen molar-refractivity contribution in [3.63, 3.8) is 0 Å². The van der Waals surface area contributed by atoms with Gasteiger partial charge in [-0.3, -0.25) is 0 Å². The van der Waals surface area contributed by atoms with E-state index in [-0.39, 0.29) is 6.10 Å². The Morgan fingerprint density at radius 3 is 3.23 bits per heavy atom. The van der Waals surface area contributed by atoms with Gasteiger partial charge in [0.15, 0.2) is 0 Å². The molecule has 0 bridgehead atoms. The number of nitrogens with one attached hydrogen (secondary N) is 1. The molecule has 22 heavy (non-hydrogen) atoms. The Morgan fingerprint density at radius 2 is 2.27 bits per heavy atom. The summed E-state index contributed by atoms with van der Waals surface area (Å²) in [5.41, 5.74) is 3.55. The van der Waals surface area contributed by atoms with E-state index in [1.54, 1.807) is 4.52 Å². The number of rotatable bonds is 3. The molecule has 0 amide bonds. The third-order valence-corrected chi connectivity index (χ3v) is 3.94. The van der Waals surface area contributed by atoms with E-state index in [9.17, 15) is 0 Å². The lowest BCUT2D eigenvalue weighted by atomic mass is 9.97. The van der Waals surface area contributed by atoms with Gasteiger partial charge in [-0.05, 0) is 24.5 Å². The molecular weight excluding hydrogens is 278 g/mol. The zero-order chi connectivity index (χ0) is 14.9. The molecule has 6 heteroatoms. The second-order valence-electron chi connectivity index (χ2n) is 5.44. The van der Waals surface area contributed by atoms with Crippen LogP contribution in [0.2, 0.25) is 0 Å². The summed E-state index contributed by atoms with van der Waals surface area (Å²) in [6.07, 6.45) is 2.55. The van der Waals surface area contributed by atoms with Gasteiger partial charge in [0.2, 0.25) is 0 Å². The van der Waals surface area contributed by atoms with Gasteiger partial charge in [0.1, 0.15) is 12.1 Å². The smallest absolute Gasteiger partial charge is 0.254 e. The molecule has 1 atom stereocenters. The van der Waals surface area contributed by atoms with Crippen molar-refractivity contribution in [1.82, 2.24) is 19.6 Å². The number of hydrogen-bond donors (Lipinski definition) is 1. The van der Waals surface area contributed by atoms with Crippen molar-refractivity contribution in [2.24, 2.45) is 0 Å². The summed E-state index contributed by atoms with van der Waals surface area (Å²) in [4.78, 5) is 8.49. The molecule has 2 aromatic heterocycles. The van der Waals surface area contributed by atoms with Crippen molar-refractivity contribution in [3.8, 4) is 0 Å². The molecule has 0 fully saturated rings. The molecule has 112 valence electrons. The van der Waals surface area contributed by atoms with Gasteiger partial charge in [0.25, 0.3) is 5.78 Å². The Hall–Kier alpha value is -2.47. The standard InChI is InChI=1S/C16H17N5O/c1-11-8-15(21-16(20-11)18-10-19-21)17-9-14-13-5-3-2-4-12(13)6-7-22-14/h2-5,8,10,14,17H,6-7,9H2,1H3. The number of benzene rings is 1. The summed E-state index contributed by atoms with van der Waals surface area (Å²) in [5.74, 6) is 1.49. The van der Waals surface area contributed by atoms with E-state index in [2.05, 4.69) is 44.6 Å². The van der Waals surface area contributed by atoms with Crippen molar-refractivity contribution >= 4 is 11.6 Å². The molecule has 3 aromatic rings. The van der Waals surface area contributed by atoms with Crippen LogP contribution >= 0.6 is 0 Å². The van der Waals surface area contributed by atoms with Crippen LogP contribution in [0.4, 0.5) is 5.82 Å². The quantitative estimate of drug-likeness (QED) is 0.802. The van der Waals surface area contributed by atoms with Gasteiger partial charge in [-0.2, -0.15) is 14.6 Å². The van der Waals surface area contributed by atoms with Crippen molar-refractivity contribution in [3.05, 3.63) is 53.5 Å². The van der Waals surface area contributed by atoms with Crippen LogP contribution in [-0.2, 0) is 11.2 Å². The SMILES string of the molecule is Cc1cc(NCC2OCCc3ccccc32)n2ncnc2n1. The molecule has 0 spiro atoms. The molecular formula is C16H17N5O. The van der Waals surface area contributed by atoms with Crippen LogP contribution in [0.1, 0.15) is 22.9 Å². The molecule has 1 aliphatic heterocycles. The van der Waals surface area contributed by atoms with Crippen LogP contribution in [0.3, 0.4) is 0 Å². The van der Waals surface area contributed by atoms with Gasteiger partial charge in [0, 0.05) is 18.3 Å². The highest BCUT2D eigenvalue weighted by molar-refractivity contribution is 5.45. The van der Waals surface area contributed by atoms with Gasteiger partial charge < -0.3 is 10.1 Å². The van der Waals surface area contributed by atoms with Crippen molar-refractivity contribution in [1.29, 1.82) is 0 Å². The van der Waals surface area contributed by atoms with Gasteiger partial charge in [-0.15, -0.1) is 0 Å². The molecule has 0 radical (unpaired) electrons. The van der Waals surface area contributed by atoms with E-state index in [0.29, 0.717) is 12.3 Å². The Labute approximate surface area is 128 Å². The maximum atomic E-state index is 5.93. The average molecular weight is 295 g/mol. The van der Waals surface area contributed by atoms with E-state index in [0.717, 1.165) is 24.5 Å². The molecule has 0 aliphatic carbocycles. The fourth-order valence-electron chi connectivity index (χ4n) is 2.90. The maximum Gasteiger partial charge on any atom is 0.254 e. The molecule has 1 N–H and O–H groups in total. The van der Waals surface area contributed by atoms with Crippen LogP contribution in [0.5, 0.6) is 0 Å². The molecule has 1 aliphatic rings. The van der Waals surface area contributed by atoms with Crippen molar-refractivity contribution in [2.75, 3.05) is 18.5 Å². The first-order valence-electron chi connectivity index (χ1n) is 7.42. The Morgan fingerprint density at radius 1 is 1.36 bits per heavy atom. The zero-order valence-electron chi connectivity index (χ0n) is 12.4. The van der Waals surface area contributed by atoms with Gasteiger partial charge in [-0.1, -0.05) is 24.3 Å². The van der Waals surface area contributed by atoms with E-state index >= 15 is 0 Å². The predicted molar refractivity (Wildman–Crippen MR) is 82.8 cm³/mol. The lowest BCUT2D eigenvalue weighted by molar-refractivity contribution is 0.0513. The highest BCUT2D eigenvalue weighted by Gasteiger charge is 2.20. The third-order valence-electron chi connectivity index (χ3n) is 3.94. The van der Waals surface area contributed by atoms with E-state index < -0.39 is 0 Å². The number of aromatic nitrogens is 4. The molecule has 3 heterocycles. The predicted octanol–water partition coefficient (Wildman–Crippen LogP) is 2.16. The minimum absolute atomic E-state index is 0.0528. The molecule has 4 rings (SSSR count). The molecule has 0 saturated carbocycles. The number of fused-ring (bicyclic) bond motifs is 2. The number of hydrogen-bond acceptors (Lipinski definition) is 5. The van der Waals surface area contributed by atoms with E-state index in [4.69, 9.17) is 4.74 Å². The zero-order valence-corrected chi connectivity index (χ0v) is 12.4. The first-order valence-corrected chi connectivity index (χ1v) is 7.42.